The molecular formula is C12H14N6OS. The van der Waals surface area contributed by atoms with E-state index < -0.39 is 0 Å². The lowest BCUT2D eigenvalue weighted by Crippen LogP contribution is -2.03. The van der Waals surface area contributed by atoms with Gasteiger partial charge >= 0.3 is 0 Å². The van der Waals surface area contributed by atoms with Gasteiger partial charge in [0.05, 0.1) is 12.0 Å². The Morgan fingerprint density at radius 3 is 2.85 bits per heavy atom. The Kier molecular flexibility index (Phi) is 3.31. The summed E-state index contributed by atoms with van der Waals surface area (Å²) in [4.78, 5) is 20.4. The van der Waals surface area contributed by atoms with Crippen molar-refractivity contribution in [1.82, 2.24) is 24.9 Å². The molecule has 104 valence electrons. The van der Waals surface area contributed by atoms with Gasteiger partial charge in [-0.25, -0.2) is 15.0 Å². The summed E-state index contributed by atoms with van der Waals surface area (Å²) in [7, 11) is 0. The first-order valence-corrected chi connectivity index (χ1v) is 7.06. The van der Waals surface area contributed by atoms with Crippen LogP contribution in [-0.2, 0) is 0 Å². The van der Waals surface area contributed by atoms with Crippen LogP contribution < -0.4 is 5.32 Å². The van der Waals surface area contributed by atoms with E-state index in [9.17, 15) is 0 Å². The molecule has 0 aromatic carbocycles. The van der Waals surface area contributed by atoms with Gasteiger partial charge in [-0.2, -0.15) is 4.98 Å². The van der Waals surface area contributed by atoms with Crippen molar-refractivity contribution in [2.24, 2.45) is 0 Å². The number of hydrogen-bond donors (Lipinski definition) is 2. The minimum atomic E-state index is 0.551. The molecule has 2 N–H and O–H groups in total. The molecule has 0 fully saturated rings. The largest absolute Gasteiger partial charge is 0.436 e. The standard InChI is InChI=1S/C12H14N6OS/c1-4-13-11-17-9-8(14-5-15-9)10(18-11)20-12-16-6(2)7(3)19-12/h5H,4H2,1-3H3,(H2,13,14,15,17,18). The number of nitrogens with one attached hydrogen (secondary N) is 2. The molecule has 3 aromatic heterocycles. The number of imidazole rings is 1. The molecule has 0 atom stereocenters. The fraction of sp³-hybridized carbons (Fsp3) is 0.333. The van der Waals surface area contributed by atoms with Crippen LogP contribution >= 0.6 is 11.8 Å². The minimum absolute atomic E-state index is 0.551. The highest BCUT2D eigenvalue weighted by atomic mass is 32.2. The maximum absolute atomic E-state index is 5.58. The van der Waals surface area contributed by atoms with Crippen molar-refractivity contribution in [2.75, 3.05) is 11.9 Å². The van der Waals surface area contributed by atoms with Gasteiger partial charge in [0, 0.05) is 6.54 Å². The van der Waals surface area contributed by atoms with Gasteiger partial charge in [-0.1, -0.05) is 0 Å². The molecule has 0 saturated heterocycles. The van der Waals surface area contributed by atoms with Crippen LogP contribution in [0.4, 0.5) is 5.95 Å². The first kappa shape index (κ1) is 12.9. The number of H-pyrrole nitrogens is 1. The molecule has 0 unspecified atom stereocenters. The summed E-state index contributed by atoms with van der Waals surface area (Å²) in [5, 5.41) is 4.40. The second-order valence-corrected chi connectivity index (χ2v) is 5.15. The van der Waals surface area contributed by atoms with Crippen molar-refractivity contribution in [3.63, 3.8) is 0 Å². The van der Waals surface area contributed by atoms with Gasteiger partial charge in [-0.05, 0) is 32.5 Å². The first-order chi connectivity index (χ1) is 9.67. The van der Waals surface area contributed by atoms with E-state index in [-0.39, 0.29) is 0 Å². The van der Waals surface area contributed by atoms with E-state index in [4.69, 9.17) is 4.42 Å². The highest BCUT2D eigenvalue weighted by Gasteiger charge is 2.14. The fourth-order valence-corrected chi connectivity index (χ4v) is 2.59. The zero-order chi connectivity index (χ0) is 14.1. The topological polar surface area (TPSA) is 92.5 Å². The summed E-state index contributed by atoms with van der Waals surface area (Å²) >= 11 is 1.36. The fourth-order valence-electron chi connectivity index (χ4n) is 1.69. The first-order valence-electron chi connectivity index (χ1n) is 6.24. The number of rotatable bonds is 4. The van der Waals surface area contributed by atoms with Crippen LogP contribution in [0.25, 0.3) is 11.2 Å². The SMILES string of the molecule is CCNc1nc(Sc2nc(C)c(C)o2)c2[nH]cnc2n1. The third-order valence-electron chi connectivity index (χ3n) is 2.78. The van der Waals surface area contributed by atoms with E-state index in [1.807, 2.05) is 20.8 Å². The third kappa shape index (κ3) is 2.34. The monoisotopic (exact) mass is 290 g/mol. The quantitative estimate of drug-likeness (QED) is 0.713. The van der Waals surface area contributed by atoms with Crippen molar-refractivity contribution >= 4 is 28.9 Å². The van der Waals surface area contributed by atoms with E-state index >= 15 is 0 Å². The van der Waals surface area contributed by atoms with Crippen LogP contribution in [0.15, 0.2) is 21.0 Å². The minimum Gasteiger partial charge on any atom is -0.436 e. The van der Waals surface area contributed by atoms with Crippen LogP contribution in [0.5, 0.6) is 0 Å². The second-order valence-electron chi connectivity index (χ2n) is 4.21. The summed E-state index contributed by atoms with van der Waals surface area (Å²) in [5.74, 6) is 1.36. The number of oxazole rings is 1. The van der Waals surface area contributed by atoms with E-state index in [0.29, 0.717) is 16.8 Å². The van der Waals surface area contributed by atoms with Crippen molar-refractivity contribution in [3.05, 3.63) is 17.8 Å². The number of aryl methyl sites for hydroxylation is 2. The lowest BCUT2D eigenvalue weighted by Gasteiger charge is -2.03. The zero-order valence-electron chi connectivity index (χ0n) is 11.4. The Bertz CT molecular complexity index is 730. The number of anilines is 1. The second kappa shape index (κ2) is 5.12. The van der Waals surface area contributed by atoms with Gasteiger partial charge < -0.3 is 14.7 Å². The number of aromatic amines is 1. The van der Waals surface area contributed by atoms with E-state index in [1.54, 1.807) is 6.33 Å². The number of aromatic nitrogens is 5. The van der Waals surface area contributed by atoms with E-state index in [0.717, 1.165) is 28.5 Å². The maximum Gasteiger partial charge on any atom is 0.262 e. The van der Waals surface area contributed by atoms with Gasteiger partial charge in [0.15, 0.2) is 5.65 Å². The Labute approximate surface area is 119 Å². The number of hydrogen-bond acceptors (Lipinski definition) is 7. The smallest absolute Gasteiger partial charge is 0.262 e. The van der Waals surface area contributed by atoms with Gasteiger partial charge in [0.1, 0.15) is 16.3 Å². The van der Waals surface area contributed by atoms with Crippen molar-refractivity contribution in [2.45, 2.75) is 31.0 Å². The van der Waals surface area contributed by atoms with Crippen LogP contribution in [0.2, 0.25) is 0 Å². The van der Waals surface area contributed by atoms with E-state index in [2.05, 4.69) is 30.2 Å². The predicted molar refractivity (Wildman–Crippen MR) is 75.9 cm³/mol. The average Bonchev–Trinajstić information content (AvgIpc) is 2.98. The molecule has 0 amide bonds. The van der Waals surface area contributed by atoms with E-state index in [1.165, 1.54) is 11.8 Å². The Balaban J connectivity index is 2.02. The maximum atomic E-state index is 5.58. The lowest BCUT2D eigenvalue weighted by atomic mass is 10.4. The van der Waals surface area contributed by atoms with Crippen LogP contribution in [0, 0.1) is 13.8 Å². The highest BCUT2D eigenvalue weighted by molar-refractivity contribution is 7.99. The molecule has 0 aliphatic heterocycles. The average molecular weight is 290 g/mol. The summed E-state index contributed by atoms with van der Waals surface area (Å²) in [6, 6.07) is 0. The summed E-state index contributed by atoms with van der Waals surface area (Å²) < 4.78 is 5.58. The van der Waals surface area contributed by atoms with Crippen molar-refractivity contribution in [3.8, 4) is 0 Å². The Morgan fingerprint density at radius 1 is 1.30 bits per heavy atom. The molecule has 0 aliphatic carbocycles. The summed E-state index contributed by atoms with van der Waals surface area (Å²) in [6.45, 7) is 6.55. The molecule has 7 nitrogen and oxygen atoms in total. The molecule has 8 heteroatoms. The molecule has 0 radical (unpaired) electrons. The predicted octanol–water partition coefficient (Wildman–Crippen LogP) is 2.54. The molecule has 3 rings (SSSR count). The normalized spacial score (nSPS) is 11.2. The summed E-state index contributed by atoms with van der Waals surface area (Å²) in [6.07, 6.45) is 1.60. The van der Waals surface area contributed by atoms with Gasteiger partial charge in [-0.3, -0.25) is 0 Å². The number of fused-ring (bicyclic) bond motifs is 1. The van der Waals surface area contributed by atoms with Crippen LogP contribution in [0.3, 0.4) is 0 Å². The third-order valence-corrected chi connectivity index (χ3v) is 3.62. The lowest BCUT2D eigenvalue weighted by molar-refractivity contribution is 0.431. The molecule has 3 aromatic rings. The van der Waals surface area contributed by atoms with Gasteiger partial charge in [0.25, 0.3) is 5.22 Å². The van der Waals surface area contributed by atoms with Crippen molar-refractivity contribution < 1.29 is 4.42 Å². The molecule has 0 bridgehead atoms. The zero-order valence-corrected chi connectivity index (χ0v) is 12.2. The van der Waals surface area contributed by atoms with Gasteiger partial charge in [0.2, 0.25) is 5.95 Å². The Hall–Kier alpha value is -2.09. The molecule has 20 heavy (non-hydrogen) atoms. The molecule has 0 saturated carbocycles. The van der Waals surface area contributed by atoms with Crippen molar-refractivity contribution in [1.29, 1.82) is 0 Å². The number of nitrogens with zero attached hydrogens (tertiary/aromatic N) is 4. The highest BCUT2D eigenvalue weighted by Crippen LogP contribution is 2.31. The Morgan fingerprint density at radius 2 is 2.15 bits per heavy atom. The summed E-state index contributed by atoms with van der Waals surface area (Å²) in [5.41, 5.74) is 2.29. The molecular weight excluding hydrogens is 276 g/mol. The molecule has 0 spiro atoms. The molecule has 3 heterocycles. The van der Waals surface area contributed by atoms with Crippen LogP contribution in [0.1, 0.15) is 18.4 Å². The van der Waals surface area contributed by atoms with Crippen LogP contribution in [-0.4, -0.2) is 31.5 Å². The van der Waals surface area contributed by atoms with Gasteiger partial charge in [-0.15, -0.1) is 0 Å². The molecule has 0 aliphatic rings.